The average Bonchev–Trinajstić information content (AvgIpc) is 1.83. The highest BCUT2D eigenvalue weighted by Gasteiger charge is 2.38. The molecule has 0 aromatic heterocycles. The fourth-order valence-electron chi connectivity index (χ4n) is 0.575. The van der Waals surface area contributed by atoms with Gasteiger partial charge < -0.3 is 4.90 Å². The first kappa shape index (κ1) is 10.2. The van der Waals surface area contributed by atoms with Crippen LogP contribution in [-0.4, -0.2) is 37.4 Å². The van der Waals surface area contributed by atoms with E-state index in [2.05, 4.69) is 5.84 Å². The van der Waals surface area contributed by atoms with E-state index in [4.69, 9.17) is 0 Å². The molecule has 1 amide bonds. The molecule has 0 aliphatic rings. The summed E-state index contributed by atoms with van der Waals surface area (Å²) in [4.78, 5) is 11.6. The smallest absolute Gasteiger partial charge is 0.303 e. The maximum atomic E-state index is 12.5. The Morgan fingerprint density at radius 1 is 1.64 bits per heavy atom. The Morgan fingerprint density at radius 2 is 2.09 bits per heavy atom. The van der Waals surface area contributed by atoms with Gasteiger partial charge in [-0.15, -0.1) is 0 Å². The van der Waals surface area contributed by atoms with E-state index in [1.54, 1.807) is 0 Å². The van der Waals surface area contributed by atoms with Crippen LogP contribution in [0.25, 0.3) is 0 Å². The summed E-state index contributed by atoms with van der Waals surface area (Å²) < 4.78 is 25.1. The van der Waals surface area contributed by atoms with Crippen LogP contribution in [0.4, 0.5) is 8.78 Å². The lowest BCUT2D eigenvalue weighted by molar-refractivity contribution is -0.147. The largest absolute Gasteiger partial charge is 0.338 e. The van der Waals surface area contributed by atoms with Gasteiger partial charge in [0.25, 0.3) is 0 Å². The quantitative estimate of drug-likeness (QED) is 0.328. The summed E-state index contributed by atoms with van der Waals surface area (Å²) in [5, 5.41) is 0. The third-order valence-electron chi connectivity index (χ3n) is 0.978. The number of rotatable bonds is 3. The normalized spacial score (nSPS) is 11.8. The molecular weight excluding hydrogens is 156 g/mol. The number of nitrogens with one attached hydrogen (secondary N) is 1. The van der Waals surface area contributed by atoms with E-state index in [1.165, 1.54) is 24.4 Å². The fourth-order valence-corrected chi connectivity index (χ4v) is 0.575. The van der Waals surface area contributed by atoms with Crippen molar-refractivity contribution in [2.75, 3.05) is 20.6 Å². The van der Waals surface area contributed by atoms with Crippen molar-refractivity contribution in [3.8, 4) is 0 Å². The molecule has 6 heteroatoms. The zero-order valence-corrected chi connectivity index (χ0v) is 6.40. The van der Waals surface area contributed by atoms with E-state index in [-0.39, 0.29) is 0 Å². The number of nitrogens with two attached hydrogens (primary N) is 1. The van der Waals surface area contributed by atoms with Gasteiger partial charge in [0.2, 0.25) is 0 Å². The first-order valence-corrected chi connectivity index (χ1v) is 2.93. The van der Waals surface area contributed by atoms with Crippen molar-refractivity contribution >= 4 is 5.91 Å². The van der Waals surface area contributed by atoms with Crippen molar-refractivity contribution in [3.63, 3.8) is 0 Å². The molecule has 0 aromatic carbocycles. The number of hydrogen-bond donors (Lipinski definition) is 2. The lowest BCUT2D eigenvalue weighted by atomic mass is 10.3. The molecule has 0 aliphatic heterocycles. The van der Waals surface area contributed by atoms with Crippen molar-refractivity contribution in [1.82, 2.24) is 10.3 Å². The second-order valence-electron chi connectivity index (χ2n) is 2.42. The molecule has 0 saturated carbocycles. The molecule has 0 bridgehead atoms. The number of halogens is 2. The molecule has 0 radical (unpaired) electrons. The Hall–Kier alpha value is -0.750. The van der Waals surface area contributed by atoms with Crippen molar-refractivity contribution in [2.24, 2.45) is 5.84 Å². The maximum absolute atomic E-state index is 12.5. The molecule has 0 fully saturated rings. The number of carbonyl (C=O) groups excluding carboxylic acids is 1. The van der Waals surface area contributed by atoms with Gasteiger partial charge in [-0.05, 0) is 14.1 Å². The minimum absolute atomic E-state index is 0.643. The second kappa shape index (κ2) is 3.59. The average molecular weight is 167 g/mol. The highest BCUT2D eigenvalue weighted by Crippen LogP contribution is 2.13. The number of alkyl halides is 2. The highest BCUT2D eigenvalue weighted by atomic mass is 19.3. The lowest BCUT2D eigenvalue weighted by Crippen LogP contribution is -2.48. The number of hydrazine groups is 1. The summed E-state index contributed by atoms with van der Waals surface area (Å²) in [6, 6.07) is 0. The molecule has 0 rings (SSSR count). The predicted octanol–water partition coefficient (Wildman–Crippen LogP) is -0.827. The van der Waals surface area contributed by atoms with Crippen LogP contribution in [0.3, 0.4) is 0 Å². The molecule has 0 aliphatic carbocycles. The number of hydrogen-bond acceptors (Lipinski definition) is 3. The number of carbonyl (C=O) groups is 1. The summed E-state index contributed by atoms with van der Waals surface area (Å²) >= 11 is 0. The topological polar surface area (TPSA) is 58.4 Å². The van der Waals surface area contributed by atoms with Crippen LogP contribution >= 0.6 is 0 Å². The van der Waals surface area contributed by atoms with E-state index in [0.29, 0.717) is 0 Å². The lowest BCUT2D eigenvalue weighted by Gasteiger charge is -2.18. The van der Waals surface area contributed by atoms with Crippen molar-refractivity contribution < 1.29 is 13.6 Å². The molecule has 0 saturated heterocycles. The summed E-state index contributed by atoms with van der Waals surface area (Å²) in [6.07, 6.45) is 0. The maximum Gasteiger partial charge on any atom is 0.338 e. The van der Waals surface area contributed by atoms with Crippen LogP contribution < -0.4 is 11.3 Å². The van der Waals surface area contributed by atoms with Gasteiger partial charge in [-0.3, -0.25) is 10.2 Å². The summed E-state index contributed by atoms with van der Waals surface area (Å²) in [6.45, 7) is -0.643. The predicted molar refractivity (Wildman–Crippen MR) is 35.8 cm³/mol. The van der Waals surface area contributed by atoms with Crippen molar-refractivity contribution in [3.05, 3.63) is 0 Å². The molecular formula is C5H11F2N3O. The van der Waals surface area contributed by atoms with Gasteiger partial charge in [-0.25, -0.2) is 5.84 Å². The van der Waals surface area contributed by atoms with Gasteiger partial charge in [0.15, 0.2) is 0 Å². The van der Waals surface area contributed by atoms with E-state index in [9.17, 15) is 13.6 Å². The molecule has 0 aromatic rings. The van der Waals surface area contributed by atoms with Crippen LogP contribution in [-0.2, 0) is 4.79 Å². The number of nitrogens with zero attached hydrogens (tertiary/aromatic N) is 1. The van der Waals surface area contributed by atoms with Gasteiger partial charge >= 0.3 is 11.8 Å². The van der Waals surface area contributed by atoms with Gasteiger partial charge in [-0.1, -0.05) is 0 Å². The van der Waals surface area contributed by atoms with Crippen LogP contribution in [0.1, 0.15) is 0 Å². The van der Waals surface area contributed by atoms with Crippen LogP contribution in [0.2, 0.25) is 0 Å². The molecule has 4 nitrogen and oxygen atoms in total. The Morgan fingerprint density at radius 3 is 2.36 bits per heavy atom. The Labute approximate surface area is 63.3 Å². The molecule has 0 heterocycles. The zero-order chi connectivity index (χ0) is 9.07. The zero-order valence-electron chi connectivity index (χ0n) is 6.40. The second-order valence-corrected chi connectivity index (χ2v) is 2.42. The number of amides is 1. The van der Waals surface area contributed by atoms with Gasteiger partial charge in [0.1, 0.15) is 0 Å². The van der Waals surface area contributed by atoms with Crippen LogP contribution in [0, 0.1) is 0 Å². The van der Waals surface area contributed by atoms with Gasteiger partial charge in [0.05, 0.1) is 6.54 Å². The standard InChI is InChI=1S/C5H11F2N3O/c1-10(2)3-5(6,7)4(11)9-8/h3,8H2,1-2H3,(H,9,11). The highest BCUT2D eigenvalue weighted by molar-refractivity contribution is 5.82. The van der Waals surface area contributed by atoms with E-state index in [1.807, 2.05) is 0 Å². The molecule has 0 atom stereocenters. The van der Waals surface area contributed by atoms with Crippen LogP contribution in [0.15, 0.2) is 0 Å². The van der Waals surface area contributed by atoms with Crippen molar-refractivity contribution in [1.29, 1.82) is 0 Å². The third-order valence-corrected chi connectivity index (χ3v) is 0.978. The van der Waals surface area contributed by atoms with E-state index >= 15 is 0 Å². The summed E-state index contributed by atoms with van der Waals surface area (Å²) in [7, 11) is 2.88. The molecule has 66 valence electrons. The van der Waals surface area contributed by atoms with Gasteiger partial charge in [-0.2, -0.15) is 8.78 Å². The Balaban J connectivity index is 4.09. The molecule has 0 unspecified atom stereocenters. The molecule has 3 N–H and O–H groups in total. The van der Waals surface area contributed by atoms with E-state index < -0.39 is 18.4 Å². The molecule has 11 heavy (non-hydrogen) atoms. The first-order chi connectivity index (χ1) is 4.90. The fraction of sp³-hybridized carbons (Fsp3) is 0.800. The summed E-state index contributed by atoms with van der Waals surface area (Å²) in [5.74, 6) is -0.349. The monoisotopic (exact) mass is 167 g/mol. The third kappa shape index (κ3) is 3.24. The van der Waals surface area contributed by atoms with Crippen LogP contribution in [0.5, 0.6) is 0 Å². The van der Waals surface area contributed by atoms with Crippen molar-refractivity contribution in [2.45, 2.75) is 5.92 Å². The SMILES string of the molecule is CN(C)CC(F)(F)C(=O)NN. The minimum Gasteiger partial charge on any atom is -0.303 e. The Kier molecular flexibility index (Phi) is 3.34. The van der Waals surface area contributed by atoms with E-state index in [0.717, 1.165) is 0 Å². The first-order valence-electron chi connectivity index (χ1n) is 2.93. The minimum atomic E-state index is -3.42. The Bertz CT molecular complexity index is 149. The summed E-state index contributed by atoms with van der Waals surface area (Å²) in [5.41, 5.74) is 1.40. The molecule has 0 spiro atoms. The van der Waals surface area contributed by atoms with Gasteiger partial charge in [0, 0.05) is 0 Å².